The highest BCUT2D eigenvalue weighted by atomic mass is 32.2. The second-order valence-corrected chi connectivity index (χ2v) is 9.30. The largest absolute Gasteiger partial charge is 0.416 e. The highest BCUT2D eigenvalue weighted by molar-refractivity contribution is 8.16. The monoisotopic (exact) mass is 408 g/mol. The summed E-state index contributed by atoms with van der Waals surface area (Å²) in [7, 11) is -1.97. The van der Waals surface area contributed by atoms with E-state index in [1.165, 1.54) is 24.1 Å². The van der Waals surface area contributed by atoms with Crippen LogP contribution in [0.5, 0.6) is 0 Å². The number of ether oxygens (including phenoxy) is 1. The van der Waals surface area contributed by atoms with Gasteiger partial charge in [0.2, 0.25) is 0 Å². The Labute approximate surface area is 152 Å². The van der Waals surface area contributed by atoms with E-state index in [0.717, 1.165) is 23.9 Å². The molecule has 26 heavy (non-hydrogen) atoms. The number of carbonyl (C=O) groups excluding carboxylic acids is 1. The topological polar surface area (TPSA) is 76.0 Å². The van der Waals surface area contributed by atoms with Crippen molar-refractivity contribution in [2.75, 3.05) is 30.1 Å². The number of alkyl halides is 3. The van der Waals surface area contributed by atoms with E-state index in [-0.39, 0.29) is 34.2 Å². The van der Waals surface area contributed by atoms with Gasteiger partial charge >= 0.3 is 6.18 Å². The summed E-state index contributed by atoms with van der Waals surface area (Å²) in [6, 6.07) is 3.99. The van der Waals surface area contributed by atoms with Gasteiger partial charge in [-0.05, 0) is 18.2 Å². The first-order valence-corrected chi connectivity index (χ1v) is 10.2. The summed E-state index contributed by atoms with van der Waals surface area (Å²) in [5.74, 6) is -0.886. The Kier molecular flexibility index (Phi) is 5.06. The molecule has 11 heteroatoms. The first kappa shape index (κ1) is 19.2. The zero-order chi connectivity index (χ0) is 19.1. The van der Waals surface area contributed by atoms with E-state index < -0.39 is 33.5 Å². The lowest BCUT2D eigenvalue weighted by atomic mass is 10.1. The number of halogens is 3. The Balaban J connectivity index is 2.02. The van der Waals surface area contributed by atoms with E-state index in [2.05, 4.69) is 4.99 Å². The summed E-state index contributed by atoms with van der Waals surface area (Å²) >= 11 is 1.09. The normalized spacial score (nSPS) is 26.3. The lowest BCUT2D eigenvalue weighted by molar-refractivity contribution is -0.137. The van der Waals surface area contributed by atoms with Crippen molar-refractivity contribution in [3.8, 4) is 0 Å². The molecule has 2 aliphatic rings. The standard InChI is InChI=1S/C15H15F3N2O4S2/c1-24-6-13(21)19-14-20(11-7-26(22,23)8-12(11)25-14)10-4-2-3-9(5-10)15(16,17)18/h2-5,11-12H,6-8H2,1H3/t11-,12+/m1/s1. The third-order valence-corrected chi connectivity index (χ3v) is 7.22. The Morgan fingerprint density at radius 3 is 2.77 bits per heavy atom. The minimum Gasteiger partial charge on any atom is -0.375 e. The minimum absolute atomic E-state index is 0.102. The molecule has 0 unspecified atom stereocenters. The van der Waals surface area contributed by atoms with Crippen molar-refractivity contribution >= 4 is 38.4 Å². The van der Waals surface area contributed by atoms with Crippen LogP contribution in [0, 0.1) is 0 Å². The molecule has 2 fully saturated rings. The molecule has 0 radical (unpaired) electrons. The van der Waals surface area contributed by atoms with Crippen LogP contribution < -0.4 is 4.90 Å². The second kappa shape index (κ2) is 6.86. The van der Waals surface area contributed by atoms with E-state index in [4.69, 9.17) is 4.74 Å². The quantitative estimate of drug-likeness (QED) is 0.761. The number of carbonyl (C=O) groups is 1. The van der Waals surface area contributed by atoms with Gasteiger partial charge in [-0.2, -0.15) is 18.2 Å². The summed E-state index contributed by atoms with van der Waals surface area (Å²) in [5.41, 5.74) is -0.701. The van der Waals surface area contributed by atoms with Gasteiger partial charge in [0.05, 0.1) is 23.1 Å². The van der Waals surface area contributed by atoms with Crippen molar-refractivity contribution in [3.63, 3.8) is 0 Å². The number of amides is 1. The van der Waals surface area contributed by atoms with Crippen molar-refractivity contribution in [2.24, 2.45) is 4.99 Å². The van der Waals surface area contributed by atoms with E-state index in [9.17, 15) is 26.4 Å². The molecule has 1 aromatic carbocycles. The molecule has 2 atom stereocenters. The number of rotatable bonds is 3. The molecule has 0 spiro atoms. The average Bonchev–Trinajstić information content (AvgIpc) is 2.97. The van der Waals surface area contributed by atoms with Gasteiger partial charge in [-0.25, -0.2) is 8.42 Å². The molecule has 2 saturated heterocycles. The zero-order valence-electron chi connectivity index (χ0n) is 13.6. The van der Waals surface area contributed by atoms with Crippen LogP contribution in [-0.2, 0) is 25.5 Å². The molecule has 0 aromatic heterocycles. The Morgan fingerprint density at radius 2 is 2.12 bits per heavy atom. The van der Waals surface area contributed by atoms with E-state index in [0.29, 0.717) is 0 Å². The number of thioether (sulfide) groups is 1. The molecule has 1 amide bonds. The summed E-state index contributed by atoms with van der Waals surface area (Å²) in [6.45, 7) is -0.270. The number of amidine groups is 1. The van der Waals surface area contributed by atoms with Gasteiger partial charge in [0.1, 0.15) is 6.61 Å². The molecule has 2 aliphatic heterocycles. The van der Waals surface area contributed by atoms with Gasteiger partial charge in [0.25, 0.3) is 5.91 Å². The number of aliphatic imine (C=N–C) groups is 1. The van der Waals surface area contributed by atoms with Crippen LogP contribution in [0.1, 0.15) is 5.56 Å². The molecule has 2 heterocycles. The summed E-state index contributed by atoms with van der Waals surface area (Å²) in [5, 5.41) is -0.195. The van der Waals surface area contributed by atoms with Gasteiger partial charge in [-0.1, -0.05) is 17.8 Å². The predicted octanol–water partition coefficient (Wildman–Crippen LogP) is 1.95. The predicted molar refractivity (Wildman–Crippen MR) is 92.1 cm³/mol. The maximum Gasteiger partial charge on any atom is 0.416 e. The van der Waals surface area contributed by atoms with E-state index in [1.807, 2.05) is 0 Å². The number of sulfone groups is 1. The van der Waals surface area contributed by atoms with E-state index in [1.54, 1.807) is 0 Å². The highest BCUT2D eigenvalue weighted by Crippen LogP contribution is 2.42. The number of hydrogen-bond donors (Lipinski definition) is 0. The third kappa shape index (κ3) is 3.89. The molecule has 0 bridgehead atoms. The SMILES string of the molecule is COCC(=O)N=C1S[C@H]2CS(=O)(=O)C[C@H]2N1c1cccc(C(F)(F)F)c1. The third-order valence-electron chi connectivity index (χ3n) is 4.01. The number of methoxy groups -OCH3 is 1. The van der Waals surface area contributed by atoms with Crippen LogP contribution in [0.2, 0.25) is 0 Å². The fourth-order valence-corrected chi connectivity index (χ4v) is 6.89. The fraction of sp³-hybridized carbons (Fsp3) is 0.467. The summed E-state index contributed by atoms with van der Waals surface area (Å²) < 4.78 is 67.7. The maximum atomic E-state index is 13.0. The van der Waals surface area contributed by atoms with Crippen molar-refractivity contribution in [2.45, 2.75) is 17.5 Å². The number of nitrogens with zero attached hydrogens (tertiary/aromatic N) is 2. The average molecular weight is 408 g/mol. The highest BCUT2D eigenvalue weighted by Gasteiger charge is 2.49. The molecule has 0 aliphatic carbocycles. The lowest BCUT2D eigenvalue weighted by Gasteiger charge is -2.25. The van der Waals surface area contributed by atoms with Gasteiger partial charge in [-0.15, -0.1) is 0 Å². The Bertz CT molecular complexity index is 855. The van der Waals surface area contributed by atoms with E-state index >= 15 is 0 Å². The van der Waals surface area contributed by atoms with Crippen LogP contribution in [0.3, 0.4) is 0 Å². The first-order chi connectivity index (χ1) is 12.1. The molecule has 3 rings (SSSR count). The number of hydrogen-bond acceptors (Lipinski definition) is 5. The van der Waals surface area contributed by atoms with Gasteiger partial charge in [0, 0.05) is 18.0 Å². The minimum atomic E-state index is -4.53. The van der Waals surface area contributed by atoms with Crippen molar-refractivity contribution < 1.29 is 31.1 Å². The van der Waals surface area contributed by atoms with Crippen molar-refractivity contribution in [3.05, 3.63) is 29.8 Å². The van der Waals surface area contributed by atoms with Crippen molar-refractivity contribution in [1.29, 1.82) is 0 Å². The zero-order valence-corrected chi connectivity index (χ0v) is 15.2. The van der Waals surface area contributed by atoms with Crippen LogP contribution in [0.15, 0.2) is 29.3 Å². The van der Waals surface area contributed by atoms with Gasteiger partial charge in [0.15, 0.2) is 15.0 Å². The van der Waals surface area contributed by atoms with Crippen LogP contribution >= 0.6 is 11.8 Å². The van der Waals surface area contributed by atoms with Gasteiger partial charge in [-0.3, -0.25) is 4.79 Å². The molecule has 6 nitrogen and oxygen atoms in total. The maximum absolute atomic E-state index is 13.0. The molecule has 0 saturated carbocycles. The molecular weight excluding hydrogens is 393 g/mol. The molecular formula is C15H15F3N2O4S2. The molecule has 0 N–H and O–H groups in total. The lowest BCUT2D eigenvalue weighted by Crippen LogP contribution is -2.38. The number of anilines is 1. The summed E-state index contributed by atoms with van der Waals surface area (Å²) in [4.78, 5) is 17.1. The van der Waals surface area contributed by atoms with Crippen LogP contribution in [-0.4, -0.2) is 56.0 Å². The van der Waals surface area contributed by atoms with Crippen LogP contribution in [0.4, 0.5) is 18.9 Å². The number of benzene rings is 1. The van der Waals surface area contributed by atoms with Gasteiger partial charge < -0.3 is 9.64 Å². The first-order valence-electron chi connectivity index (χ1n) is 7.55. The Hall–Kier alpha value is -1.59. The summed E-state index contributed by atoms with van der Waals surface area (Å²) in [6.07, 6.45) is -4.53. The number of fused-ring (bicyclic) bond motifs is 1. The van der Waals surface area contributed by atoms with Crippen LogP contribution in [0.25, 0.3) is 0 Å². The molecule has 1 aromatic rings. The fourth-order valence-electron chi connectivity index (χ4n) is 2.96. The second-order valence-electron chi connectivity index (χ2n) is 5.94. The molecule has 142 valence electrons. The Morgan fingerprint density at radius 1 is 1.38 bits per heavy atom. The smallest absolute Gasteiger partial charge is 0.375 e. The van der Waals surface area contributed by atoms with Crippen molar-refractivity contribution in [1.82, 2.24) is 0 Å².